The number of hydrogen-bond donors (Lipinski definition) is 2. The van der Waals surface area contributed by atoms with Gasteiger partial charge in [-0.2, -0.15) is 0 Å². The molecule has 0 spiro atoms. The third kappa shape index (κ3) is 3.49. The van der Waals surface area contributed by atoms with Crippen molar-refractivity contribution in [2.45, 2.75) is 0 Å². The van der Waals surface area contributed by atoms with Gasteiger partial charge in [0, 0.05) is 11.2 Å². The predicted molar refractivity (Wildman–Crippen MR) is 78.7 cm³/mol. The van der Waals surface area contributed by atoms with Crippen LogP contribution in [0.25, 0.3) is 0 Å². The summed E-state index contributed by atoms with van der Waals surface area (Å²) < 4.78 is 5.14. The zero-order chi connectivity index (χ0) is 15.4. The van der Waals surface area contributed by atoms with Gasteiger partial charge in [0.05, 0.1) is 18.4 Å². The quantitative estimate of drug-likeness (QED) is 0.904. The Morgan fingerprint density at radius 3 is 2.62 bits per heavy atom. The SMILES string of the molecule is COc1ccc(Cl)cc1NC(=O)c1ccc(C(N)=O)nc1. The van der Waals surface area contributed by atoms with E-state index >= 15 is 0 Å². The Bertz CT molecular complexity index is 686. The smallest absolute Gasteiger partial charge is 0.267 e. The molecule has 0 radical (unpaired) electrons. The number of halogens is 1. The van der Waals surface area contributed by atoms with Crippen LogP contribution in [0.1, 0.15) is 20.8 Å². The number of anilines is 1. The Labute approximate surface area is 125 Å². The average Bonchev–Trinajstić information content (AvgIpc) is 2.47. The fraction of sp³-hybridized carbons (Fsp3) is 0.0714. The van der Waals surface area contributed by atoms with E-state index in [1.807, 2.05) is 0 Å². The monoisotopic (exact) mass is 305 g/mol. The van der Waals surface area contributed by atoms with Crippen molar-refractivity contribution in [3.05, 3.63) is 52.8 Å². The first-order valence-corrected chi connectivity index (χ1v) is 6.30. The highest BCUT2D eigenvalue weighted by Crippen LogP contribution is 2.28. The third-order valence-electron chi connectivity index (χ3n) is 2.69. The lowest BCUT2D eigenvalue weighted by atomic mass is 10.2. The number of methoxy groups -OCH3 is 1. The lowest BCUT2D eigenvalue weighted by molar-refractivity contribution is 0.0990. The molecule has 0 fully saturated rings. The van der Waals surface area contributed by atoms with Crippen LogP contribution in [-0.2, 0) is 0 Å². The molecule has 0 saturated carbocycles. The van der Waals surface area contributed by atoms with Gasteiger partial charge in [-0.05, 0) is 30.3 Å². The number of benzene rings is 1. The number of amides is 2. The predicted octanol–water partition coefficient (Wildman–Crippen LogP) is 2.09. The molecule has 0 unspecified atom stereocenters. The van der Waals surface area contributed by atoms with Gasteiger partial charge in [-0.25, -0.2) is 0 Å². The number of nitrogens with two attached hydrogens (primary N) is 1. The average molecular weight is 306 g/mol. The molecular formula is C14H12ClN3O3. The van der Waals surface area contributed by atoms with Crippen LogP contribution in [0.5, 0.6) is 5.75 Å². The fourth-order valence-electron chi connectivity index (χ4n) is 1.65. The number of carbonyl (C=O) groups is 2. The minimum Gasteiger partial charge on any atom is -0.495 e. The molecule has 2 amide bonds. The molecule has 6 nitrogen and oxygen atoms in total. The summed E-state index contributed by atoms with van der Waals surface area (Å²) in [5, 5.41) is 3.13. The van der Waals surface area contributed by atoms with Gasteiger partial charge in [0.2, 0.25) is 0 Å². The minimum absolute atomic E-state index is 0.0897. The number of ether oxygens (including phenoxy) is 1. The molecule has 21 heavy (non-hydrogen) atoms. The van der Waals surface area contributed by atoms with Crippen molar-refractivity contribution in [3.8, 4) is 5.75 Å². The molecule has 0 atom stereocenters. The molecule has 1 aromatic carbocycles. The molecule has 2 aromatic rings. The summed E-state index contributed by atoms with van der Waals surface area (Å²) in [6.45, 7) is 0. The van der Waals surface area contributed by atoms with E-state index in [2.05, 4.69) is 10.3 Å². The van der Waals surface area contributed by atoms with E-state index in [-0.39, 0.29) is 11.3 Å². The normalized spacial score (nSPS) is 10.0. The van der Waals surface area contributed by atoms with E-state index in [1.54, 1.807) is 18.2 Å². The molecule has 2 rings (SSSR count). The molecule has 0 bridgehead atoms. The molecule has 0 saturated heterocycles. The van der Waals surface area contributed by atoms with E-state index < -0.39 is 11.8 Å². The van der Waals surface area contributed by atoms with Gasteiger partial charge in [0.25, 0.3) is 11.8 Å². The number of aromatic nitrogens is 1. The van der Waals surface area contributed by atoms with Crippen LogP contribution in [0.4, 0.5) is 5.69 Å². The second-order valence-corrected chi connectivity index (χ2v) is 4.53. The van der Waals surface area contributed by atoms with E-state index in [1.165, 1.54) is 25.4 Å². The maximum atomic E-state index is 12.1. The Hall–Kier alpha value is -2.60. The summed E-state index contributed by atoms with van der Waals surface area (Å²) in [6, 6.07) is 7.71. The van der Waals surface area contributed by atoms with Crippen molar-refractivity contribution < 1.29 is 14.3 Å². The molecule has 0 aliphatic carbocycles. The van der Waals surface area contributed by atoms with Gasteiger partial charge in [-0.3, -0.25) is 14.6 Å². The van der Waals surface area contributed by atoms with Gasteiger partial charge in [-0.15, -0.1) is 0 Å². The molecule has 7 heteroatoms. The molecule has 108 valence electrons. The Balaban J connectivity index is 2.21. The summed E-state index contributed by atoms with van der Waals surface area (Å²) in [5.41, 5.74) is 5.89. The number of rotatable bonds is 4. The summed E-state index contributed by atoms with van der Waals surface area (Å²) >= 11 is 5.89. The number of carbonyl (C=O) groups excluding carboxylic acids is 2. The highest BCUT2D eigenvalue weighted by atomic mass is 35.5. The number of nitrogens with one attached hydrogen (secondary N) is 1. The first-order valence-electron chi connectivity index (χ1n) is 5.92. The Morgan fingerprint density at radius 1 is 1.29 bits per heavy atom. The molecule has 0 aliphatic heterocycles. The first-order chi connectivity index (χ1) is 10.0. The number of hydrogen-bond acceptors (Lipinski definition) is 4. The Kier molecular flexibility index (Phi) is 4.39. The van der Waals surface area contributed by atoms with Crippen molar-refractivity contribution in [1.82, 2.24) is 4.98 Å². The standard InChI is InChI=1S/C14H12ClN3O3/c1-21-12-5-3-9(15)6-11(12)18-14(20)8-2-4-10(13(16)19)17-7-8/h2-7H,1H3,(H2,16,19)(H,18,20). The second-order valence-electron chi connectivity index (χ2n) is 4.10. The van der Waals surface area contributed by atoms with Crippen molar-refractivity contribution in [2.75, 3.05) is 12.4 Å². The fourth-order valence-corrected chi connectivity index (χ4v) is 1.82. The van der Waals surface area contributed by atoms with Crippen molar-refractivity contribution >= 4 is 29.1 Å². The molecule has 1 heterocycles. The largest absolute Gasteiger partial charge is 0.495 e. The lowest BCUT2D eigenvalue weighted by Crippen LogP contribution is -2.16. The topological polar surface area (TPSA) is 94.3 Å². The maximum absolute atomic E-state index is 12.1. The highest BCUT2D eigenvalue weighted by molar-refractivity contribution is 6.31. The van der Waals surface area contributed by atoms with Gasteiger partial charge in [0.1, 0.15) is 11.4 Å². The van der Waals surface area contributed by atoms with E-state index in [0.29, 0.717) is 16.5 Å². The summed E-state index contributed by atoms with van der Waals surface area (Å²) in [6.07, 6.45) is 1.27. The van der Waals surface area contributed by atoms with Crippen LogP contribution in [0.3, 0.4) is 0 Å². The van der Waals surface area contributed by atoms with Gasteiger partial charge < -0.3 is 15.8 Å². The van der Waals surface area contributed by atoms with Crippen LogP contribution < -0.4 is 15.8 Å². The van der Waals surface area contributed by atoms with Crippen LogP contribution in [0, 0.1) is 0 Å². The first kappa shape index (κ1) is 14.8. The second kappa shape index (κ2) is 6.23. The van der Waals surface area contributed by atoms with Crippen molar-refractivity contribution in [2.24, 2.45) is 5.73 Å². The minimum atomic E-state index is -0.654. The molecular weight excluding hydrogens is 294 g/mol. The lowest BCUT2D eigenvalue weighted by Gasteiger charge is -2.10. The summed E-state index contributed by atoms with van der Waals surface area (Å²) in [7, 11) is 1.49. The maximum Gasteiger partial charge on any atom is 0.267 e. The number of pyridine rings is 1. The van der Waals surface area contributed by atoms with Crippen LogP contribution >= 0.6 is 11.6 Å². The van der Waals surface area contributed by atoms with Crippen LogP contribution in [0.15, 0.2) is 36.5 Å². The van der Waals surface area contributed by atoms with Gasteiger partial charge >= 0.3 is 0 Å². The zero-order valence-electron chi connectivity index (χ0n) is 11.1. The van der Waals surface area contributed by atoms with Gasteiger partial charge in [-0.1, -0.05) is 11.6 Å². The van der Waals surface area contributed by atoms with E-state index in [4.69, 9.17) is 22.1 Å². The highest BCUT2D eigenvalue weighted by Gasteiger charge is 2.11. The number of nitrogens with zero attached hydrogens (tertiary/aromatic N) is 1. The van der Waals surface area contributed by atoms with Gasteiger partial charge in [0.15, 0.2) is 0 Å². The summed E-state index contributed by atoms with van der Waals surface area (Å²) in [5.74, 6) is -0.577. The molecule has 1 aromatic heterocycles. The van der Waals surface area contributed by atoms with Crippen molar-refractivity contribution in [3.63, 3.8) is 0 Å². The van der Waals surface area contributed by atoms with E-state index in [9.17, 15) is 9.59 Å². The van der Waals surface area contributed by atoms with E-state index in [0.717, 1.165) is 0 Å². The Morgan fingerprint density at radius 2 is 2.05 bits per heavy atom. The summed E-state index contributed by atoms with van der Waals surface area (Å²) in [4.78, 5) is 26.8. The van der Waals surface area contributed by atoms with Crippen LogP contribution in [0.2, 0.25) is 5.02 Å². The number of primary amides is 1. The molecule has 3 N–H and O–H groups in total. The third-order valence-corrected chi connectivity index (χ3v) is 2.92. The zero-order valence-corrected chi connectivity index (χ0v) is 11.8. The molecule has 0 aliphatic rings. The van der Waals surface area contributed by atoms with Crippen LogP contribution in [-0.4, -0.2) is 23.9 Å². The van der Waals surface area contributed by atoms with Crippen molar-refractivity contribution in [1.29, 1.82) is 0 Å².